The van der Waals surface area contributed by atoms with Crippen molar-refractivity contribution in [3.63, 3.8) is 0 Å². The number of amides is 1. The van der Waals surface area contributed by atoms with Crippen molar-refractivity contribution in [3.05, 3.63) is 62.1 Å². The number of hydrogen-bond donors (Lipinski definition) is 1. The molecule has 0 saturated carbocycles. The van der Waals surface area contributed by atoms with Gasteiger partial charge in [-0.3, -0.25) is 4.79 Å². The highest BCUT2D eigenvalue weighted by Gasteiger charge is 2.20. The van der Waals surface area contributed by atoms with Crippen molar-refractivity contribution >= 4 is 52.3 Å². The maximum Gasteiger partial charge on any atom is 0.251 e. The lowest BCUT2D eigenvalue weighted by molar-refractivity contribution is 0.0905. The number of hydrogen-bond acceptors (Lipinski definition) is 3. The number of carbonyl (C=O) groups excluding carboxylic acids is 1. The molecule has 150 valence electrons. The molecule has 2 aromatic rings. The number of carbonyl (C=O) groups is 1. The molecule has 8 heteroatoms. The van der Waals surface area contributed by atoms with Gasteiger partial charge in [0.05, 0.1) is 10.0 Å². The minimum absolute atomic E-state index is 0.150. The van der Waals surface area contributed by atoms with Gasteiger partial charge in [-0.25, -0.2) is 0 Å². The van der Waals surface area contributed by atoms with E-state index in [1.165, 1.54) is 0 Å². The van der Waals surface area contributed by atoms with Gasteiger partial charge in [0, 0.05) is 47.9 Å². The average Bonchev–Trinajstić information content (AvgIpc) is 2.65. The van der Waals surface area contributed by atoms with E-state index in [9.17, 15) is 4.79 Å². The lowest BCUT2D eigenvalue weighted by Crippen LogP contribution is -2.42. The Kier molecular flexibility index (Phi) is 7.72. The zero-order chi connectivity index (χ0) is 20.1. The number of nitrogens with one attached hydrogen (secondary N) is 1. The second-order valence-corrected chi connectivity index (χ2v) is 8.34. The summed E-state index contributed by atoms with van der Waals surface area (Å²) in [5.41, 5.74) is 0.464. The molecule has 0 spiro atoms. The molecule has 0 bridgehead atoms. The van der Waals surface area contributed by atoms with Crippen molar-refractivity contribution < 1.29 is 9.53 Å². The Bertz CT molecular complexity index is 819. The maximum absolute atomic E-state index is 12.2. The van der Waals surface area contributed by atoms with Gasteiger partial charge in [0.1, 0.15) is 11.9 Å². The quantitative estimate of drug-likeness (QED) is 0.610. The number of benzene rings is 2. The van der Waals surface area contributed by atoms with Gasteiger partial charge in [0.15, 0.2) is 0 Å². The summed E-state index contributed by atoms with van der Waals surface area (Å²) in [6.45, 7) is 3.15. The minimum Gasteiger partial charge on any atom is -0.490 e. The van der Waals surface area contributed by atoms with Crippen molar-refractivity contribution in [3.8, 4) is 5.75 Å². The third-order valence-corrected chi connectivity index (χ3v) is 5.74. The molecule has 0 aromatic heterocycles. The third kappa shape index (κ3) is 6.16. The second kappa shape index (κ2) is 10.0. The van der Waals surface area contributed by atoms with E-state index in [2.05, 4.69) is 10.2 Å². The fraction of sp³-hybridized carbons (Fsp3) is 0.350. The van der Waals surface area contributed by atoms with Crippen LogP contribution in [0.3, 0.4) is 0 Å². The number of nitrogens with zero attached hydrogens (tertiary/aromatic N) is 1. The van der Waals surface area contributed by atoms with E-state index in [1.807, 2.05) is 6.07 Å². The van der Waals surface area contributed by atoms with E-state index in [0.29, 0.717) is 32.2 Å². The van der Waals surface area contributed by atoms with Gasteiger partial charge in [0.2, 0.25) is 0 Å². The highest BCUT2D eigenvalue weighted by Crippen LogP contribution is 2.28. The fourth-order valence-corrected chi connectivity index (χ4v) is 3.92. The first-order chi connectivity index (χ1) is 13.4. The van der Waals surface area contributed by atoms with Crippen molar-refractivity contribution in [2.75, 3.05) is 26.2 Å². The highest BCUT2D eigenvalue weighted by molar-refractivity contribution is 6.42. The summed E-state index contributed by atoms with van der Waals surface area (Å²) in [4.78, 5) is 14.5. The van der Waals surface area contributed by atoms with E-state index < -0.39 is 0 Å². The summed E-state index contributed by atoms with van der Waals surface area (Å²) in [6.07, 6.45) is 1.98. The third-order valence-electron chi connectivity index (χ3n) is 4.57. The van der Waals surface area contributed by atoms with Gasteiger partial charge in [-0.15, -0.1) is 0 Å². The van der Waals surface area contributed by atoms with Gasteiger partial charge in [-0.05, 0) is 43.2 Å². The fourth-order valence-electron chi connectivity index (χ4n) is 3.11. The monoisotopic (exact) mass is 460 g/mol. The van der Waals surface area contributed by atoms with Crippen LogP contribution in [0.15, 0.2) is 36.4 Å². The highest BCUT2D eigenvalue weighted by atomic mass is 35.5. The molecular formula is C20H20Cl4N2O2. The predicted octanol–water partition coefficient (Wildman–Crippen LogP) is 5.57. The summed E-state index contributed by atoms with van der Waals surface area (Å²) in [5, 5.41) is 4.81. The number of piperidine rings is 1. The standard InChI is InChI=1S/C20H20Cl4N2O2/c21-14-9-13(10-15(22)11-14)20(27)25-5-8-26-6-3-16(4-7-26)28-17-1-2-18(23)19(24)12-17/h1-2,9-12,16H,3-8H2,(H,25,27). The number of rotatable bonds is 6. The molecule has 1 heterocycles. The molecule has 4 nitrogen and oxygen atoms in total. The molecule has 2 aromatic carbocycles. The Balaban J connectivity index is 1.39. The van der Waals surface area contributed by atoms with Crippen LogP contribution in [0.4, 0.5) is 0 Å². The lowest BCUT2D eigenvalue weighted by atomic mass is 10.1. The van der Waals surface area contributed by atoms with Gasteiger partial charge in [-0.2, -0.15) is 0 Å². The van der Waals surface area contributed by atoms with E-state index in [0.717, 1.165) is 38.2 Å². The van der Waals surface area contributed by atoms with Crippen LogP contribution in [0, 0.1) is 0 Å². The molecular weight excluding hydrogens is 442 g/mol. The largest absolute Gasteiger partial charge is 0.490 e. The van der Waals surface area contributed by atoms with E-state index in [4.69, 9.17) is 51.1 Å². The first kappa shape index (κ1) is 21.5. The Morgan fingerprint density at radius 3 is 2.32 bits per heavy atom. The molecule has 3 rings (SSSR count). The summed E-state index contributed by atoms with van der Waals surface area (Å²) >= 11 is 23.8. The van der Waals surface area contributed by atoms with E-state index >= 15 is 0 Å². The van der Waals surface area contributed by atoms with Gasteiger partial charge in [0.25, 0.3) is 5.91 Å². The van der Waals surface area contributed by atoms with E-state index in [-0.39, 0.29) is 12.0 Å². The molecule has 0 radical (unpaired) electrons. The summed E-state index contributed by atoms with van der Waals surface area (Å²) in [7, 11) is 0. The molecule has 1 fully saturated rings. The molecule has 28 heavy (non-hydrogen) atoms. The summed E-state index contributed by atoms with van der Waals surface area (Å²) in [5.74, 6) is 0.558. The summed E-state index contributed by atoms with van der Waals surface area (Å²) < 4.78 is 6.00. The lowest BCUT2D eigenvalue weighted by Gasteiger charge is -2.32. The first-order valence-electron chi connectivity index (χ1n) is 8.99. The normalized spacial score (nSPS) is 15.4. The molecule has 1 aliphatic rings. The van der Waals surface area contributed by atoms with Crippen molar-refractivity contribution in [1.82, 2.24) is 10.2 Å². The number of likely N-dealkylation sites (tertiary alicyclic amines) is 1. The Labute approximate surface area is 184 Å². The van der Waals surface area contributed by atoms with Gasteiger partial charge < -0.3 is 15.0 Å². The number of halogens is 4. The molecule has 1 N–H and O–H groups in total. The van der Waals surface area contributed by atoms with Crippen molar-refractivity contribution in [2.45, 2.75) is 18.9 Å². The van der Waals surface area contributed by atoms with Crippen LogP contribution in [0.5, 0.6) is 5.75 Å². The van der Waals surface area contributed by atoms with Crippen molar-refractivity contribution in [2.24, 2.45) is 0 Å². The predicted molar refractivity (Wildman–Crippen MR) is 115 cm³/mol. The zero-order valence-corrected chi connectivity index (χ0v) is 18.1. The van der Waals surface area contributed by atoms with Gasteiger partial charge >= 0.3 is 0 Å². The Hall–Kier alpha value is -1.17. The van der Waals surface area contributed by atoms with Crippen LogP contribution in [0.1, 0.15) is 23.2 Å². The van der Waals surface area contributed by atoms with Crippen LogP contribution in [-0.4, -0.2) is 43.1 Å². The van der Waals surface area contributed by atoms with Crippen LogP contribution in [-0.2, 0) is 0 Å². The molecule has 0 aliphatic carbocycles. The molecule has 1 aliphatic heterocycles. The minimum atomic E-state index is -0.178. The van der Waals surface area contributed by atoms with E-state index in [1.54, 1.807) is 30.3 Å². The summed E-state index contributed by atoms with van der Waals surface area (Å²) in [6, 6.07) is 10.1. The topological polar surface area (TPSA) is 41.6 Å². The first-order valence-corrected chi connectivity index (χ1v) is 10.5. The SMILES string of the molecule is O=C(NCCN1CCC(Oc2ccc(Cl)c(Cl)c2)CC1)c1cc(Cl)cc(Cl)c1. The Morgan fingerprint density at radius 2 is 1.68 bits per heavy atom. The second-order valence-electron chi connectivity index (χ2n) is 6.65. The van der Waals surface area contributed by atoms with Gasteiger partial charge in [-0.1, -0.05) is 46.4 Å². The van der Waals surface area contributed by atoms with Crippen LogP contribution < -0.4 is 10.1 Å². The zero-order valence-electron chi connectivity index (χ0n) is 15.1. The van der Waals surface area contributed by atoms with Crippen LogP contribution in [0.2, 0.25) is 20.1 Å². The van der Waals surface area contributed by atoms with Crippen LogP contribution in [0.25, 0.3) is 0 Å². The van der Waals surface area contributed by atoms with Crippen LogP contribution >= 0.6 is 46.4 Å². The molecule has 0 unspecified atom stereocenters. The number of ether oxygens (including phenoxy) is 1. The Morgan fingerprint density at radius 1 is 1.00 bits per heavy atom. The van der Waals surface area contributed by atoms with Crippen molar-refractivity contribution in [1.29, 1.82) is 0 Å². The maximum atomic E-state index is 12.2. The molecule has 1 saturated heterocycles. The smallest absolute Gasteiger partial charge is 0.251 e. The average molecular weight is 462 g/mol. The molecule has 1 amide bonds. The molecule has 0 atom stereocenters.